The van der Waals surface area contributed by atoms with Gasteiger partial charge in [-0.25, -0.2) is 4.39 Å². The third-order valence-electron chi connectivity index (χ3n) is 5.72. The summed E-state index contributed by atoms with van der Waals surface area (Å²) < 4.78 is 15.0. The average molecular weight is 395 g/mol. The number of fused-ring (bicyclic) bond motifs is 1. The Morgan fingerprint density at radius 1 is 0.844 bits per heavy atom. The summed E-state index contributed by atoms with van der Waals surface area (Å²) in [4.78, 5) is 38.9. The van der Waals surface area contributed by atoms with E-state index in [-0.39, 0.29) is 9.71 Å². The van der Waals surface area contributed by atoms with Gasteiger partial charge in [-0.1, -0.05) is 5.21 Å². The molecule has 32 heavy (non-hydrogen) atoms. The molecule has 6 nitrogen and oxygen atoms in total. The van der Waals surface area contributed by atoms with E-state index in [0.717, 1.165) is 0 Å². The van der Waals surface area contributed by atoms with Gasteiger partial charge in [0.15, 0.2) is 0 Å². The number of halogens is 1. The van der Waals surface area contributed by atoms with Gasteiger partial charge in [0.05, 0.1) is 52.5 Å². The first-order valence-electron chi connectivity index (χ1n) is 8.52. The van der Waals surface area contributed by atoms with E-state index in [0.29, 0.717) is 4.72 Å². The van der Waals surface area contributed by atoms with E-state index in [2.05, 4.69) is 0 Å². The molecule has 0 bridgehead atoms. The molecule has 0 spiro atoms. The van der Waals surface area contributed by atoms with Crippen LogP contribution in [0.15, 0.2) is 0 Å². The minimum atomic E-state index is -3.10. The first-order valence-corrected chi connectivity index (χ1v) is 8.52. The summed E-state index contributed by atoms with van der Waals surface area (Å²) in [5, 5.41) is -8.47. The van der Waals surface area contributed by atoms with Gasteiger partial charge in [-0.05, 0) is 27.0 Å². The Bertz CT molecular complexity index is 1100. The molecule has 3 rings (SSSR count). The minimum Gasteiger partial charge on any atom is -0.479 e. The zero-order valence-electron chi connectivity index (χ0n) is 16.4. The van der Waals surface area contributed by atoms with Crippen LogP contribution in [-0.2, 0) is 14.9 Å². The maximum atomic E-state index is 14.7. The lowest BCUT2D eigenvalue weighted by atomic mass is 9.20. The van der Waals surface area contributed by atoms with Crippen LogP contribution in [0.2, 0.25) is 10.4 Å². The number of rotatable bonds is 2. The average Bonchev–Trinajstić information content (AvgIpc) is 2.88. The fourth-order valence-electron chi connectivity index (χ4n) is 3.90. The summed E-state index contributed by atoms with van der Waals surface area (Å²) in [5.74, 6) is -5.70. The van der Waals surface area contributed by atoms with E-state index >= 15 is 0 Å². The summed E-state index contributed by atoms with van der Waals surface area (Å²) in [6.07, 6.45) is 0. The highest BCUT2D eigenvalue weighted by Crippen LogP contribution is 2.59. The van der Waals surface area contributed by atoms with Crippen molar-refractivity contribution in [2.45, 2.75) is 21.2 Å². The molecule has 19 heteroatoms. The van der Waals surface area contributed by atoms with Crippen LogP contribution in [0.4, 0.5) is 10.1 Å². The highest BCUT2D eigenvalue weighted by molar-refractivity contribution is 6.68. The van der Waals surface area contributed by atoms with Crippen molar-refractivity contribution >= 4 is 129 Å². The lowest BCUT2D eigenvalue weighted by Gasteiger charge is -2.65. The van der Waals surface area contributed by atoms with Gasteiger partial charge in [-0.3, -0.25) is 14.4 Å². The van der Waals surface area contributed by atoms with Gasteiger partial charge in [0.1, 0.15) is 29.4 Å². The zero-order chi connectivity index (χ0) is 24.9. The molecule has 0 saturated carbocycles. The van der Waals surface area contributed by atoms with Crippen LogP contribution in [0.25, 0.3) is 0 Å². The van der Waals surface area contributed by atoms with Crippen molar-refractivity contribution < 1.29 is 18.8 Å². The van der Waals surface area contributed by atoms with Gasteiger partial charge in [-0.15, -0.1) is 0 Å². The predicted octanol–water partition coefficient (Wildman–Crippen LogP) is -6.49. The second-order valence-electron chi connectivity index (χ2n) is 7.60. The fourth-order valence-corrected chi connectivity index (χ4v) is 3.90. The molecule has 0 N–H and O–H groups in total. The largest absolute Gasteiger partial charge is 0.479 e. The number of piperidine rings is 1. The Morgan fingerprint density at radius 3 is 1.81 bits per heavy atom. The van der Waals surface area contributed by atoms with E-state index in [4.69, 9.17) is 94.6 Å². The van der Waals surface area contributed by atoms with Crippen LogP contribution in [0, 0.1) is 5.82 Å². The third-order valence-corrected chi connectivity index (χ3v) is 5.72. The van der Waals surface area contributed by atoms with Crippen molar-refractivity contribution in [1.29, 1.82) is 0 Å². The summed E-state index contributed by atoms with van der Waals surface area (Å²) in [7, 11) is 69.8. The number of anilines is 1. The third kappa shape index (κ3) is 2.60. The molecule has 0 aliphatic carbocycles. The molecule has 24 radical (unpaired) electrons. The first kappa shape index (κ1) is 25.0. The monoisotopic (exact) mass is 397 g/mol. The van der Waals surface area contributed by atoms with Crippen molar-refractivity contribution in [1.82, 2.24) is 9.71 Å². The van der Waals surface area contributed by atoms with Gasteiger partial charge in [0.2, 0.25) is 35.8 Å². The molecule has 1 fully saturated rings. The van der Waals surface area contributed by atoms with E-state index < -0.39 is 72.5 Å². The number of carbonyl (C=O) groups is 3. The lowest BCUT2D eigenvalue weighted by molar-refractivity contribution is -0.150. The summed E-state index contributed by atoms with van der Waals surface area (Å²) in [6, 6.07) is 0. The van der Waals surface area contributed by atoms with Crippen LogP contribution in [0.5, 0.6) is 0 Å². The maximum absolute atomic E-state index is 14.7. The van der Waals surface area contributed by atoms with E-state index in [1.807, 2.05) is 0 Å². The highest BCUT2D eigenvalue weighted by atomic mass is 19.1. The molecule has 2 heterocycles. The van der Waals surface area contributed by atoms with Crippen molar-refractivity contribution in [2.75, 3.05) is 4.72 Å². The zero-order valence-corrected chi connectivity index (χ0v) is 16.4. The molecule has 0 aromatic heterocycles. The molecular weight excluding hydrogens is 395 g/mol. The minimum absolute atomic E-state index is 0.109. The number of carbonyl (C=O) groups excluding carboxylic acids is 3. The lowest BCUT2D eigenvalue weighted by Crippen LogP contribution is -2.78. The van der Waals surface area contributed by atoms with Gasteiger partial charge < -0.3 is 14.4 Å². The molecule has 2 aliphatic rings. The molecule has 1 aromatic carbocycles. The van der Waals surface area contributed by atoms with Gasteiger partial charge in [0.25, 0.3) is 5.91 Å². The van der Waals surface area contributed by atoms with Gasteiger partial charge in [-0.2, -0.15) is 0 Å². The van der Waals surface area contributed by atoms with Crippen molar-refractivity contribution in [3.8, 4) is 0 Å². The van der Waals surface area contributed by atoms with Crippen LogP contribution >= 0.6 is 0 Å². The van der Waals surface area contributed by atoms with Gasteiger partial charge in [0, 0.05) is 11.3 Å². The number of nitrogens with zero attached hydrogens (tertiary/aromatic N) is 3. The molecule has 2 aliphatic heterocycles. The number of amides is 3. The van der Waals surface area contributed by atoms with Crippen LogP contribution in [0.3, 0.4) is 0 Å². The quantitative estimate of drug-likeness (QED) is 0.370. The maximum Gasteiger partial charge on any atom is 0.253 e. The Labute approximate surface area is 200 Å². The SMILES string of the molecule is [B]c1c(F)c([B])c(N([B])[B])c2c1C(=O)N(C1([B])C(=O)N([B])C(=O)C([B])([B])C1([B])[B])C2([B])[B]. The molecule has 1 saturated heterocycles. The van der Waals surface area contributed by atoms with E-state index in [1.165, 1.54) is 0 Å². The topological polar surface area (TPSA) is 60.9 Å². The molecule has 3 amide bonds. The summed E-state index contributed by atoms with van der Waals surface area (Å²) in [5.41, 5.74) is -6.51. The van der Waals surface area contributed by atoms with E-state index in [1.54, 1.807) is 0 Å². The first-order chi connectivity index (χ1) is 14.3. The highest BCUT2D eigenvalue weighted by Gasteiger charge is 2.67. The Balaban J connectivity index is 2.43. The molecule has 128 valence electrons. The Morgan fingerprint density at radius 2 is 1.34 bits per heavy atom. The number of hydrogen-bond donors (Lipinski definition) is 0. The van der Waals surface area contributed by atoms with Gasteiger partial charge >= 0.3 is 0 Å². The number of hydrogen-bond acceptors (Lipinski definition) is 4. The number of imide groups is 1. The predicted molar refractivity (Wildman–Crippen MR) is 125 cm³/mol. The molecular formula is C13B12FN3O3. The Hall–Kier alpha value is -1.66. The smallest absolute Gasteiger partial charge is 0.253 e. The fraction of sp³-hybridized carbons (Fsp3) is 0.308. The molecule has 1 unspecified atom stereocenters. The van der Waals surface area contributed by atoms with Crippen LogP contribution < -0.4 is 15.6 Å². The van der Waals surface area contributed by atoms with E-state index in [9.17, 15) is 18.8 Å². The number of benzene rings is 1. The van der Waals surface area contributed by atoms with Crippen LogP contribution in [0.1, 0.15) is 15.9 Å². The van der Waals surface area contributed by atoms with Crippen molar-refractivity contribution in [3.05, 3.63) is 16.9 Å². The standard InChI is InChI=1S/C13B12FN3O3/c14-3-1-2(6(29(24)25)4(15)5(3)26)12(19,20)28(7(1)30)11(18)9(32)27(23)8(31)10(16,17)13(11,21)22. The van der Waals surface area contributed by atoms with Crippen molar-refractivity contribution in [3.63, 3.8) is 0 Å². The second-order valence-corrected chi connectivity index (χ2v) is 7.60. The van der Waals surface area contributed by atoms with Crippen LogP contribution in [-0.4, -0.2) is 127 Å². The normalized spacial score (nSPS) is 25.6. The van der Waals surface area contributed by atoms with Crippen molar-refractivity contribution in [2.24, 2.45) is 0 Å². The second kappa shape index (κ2) is 6.92. The summed E-state index contributed by atoms with van der Waals surface area (Å²) >= 11 is 0. The Kier molecular flexibility index (Phi) is 5.40. The molecule has 1 aromatic rings. The summed E-state index contributed by atoms with van der Waals surface area (Å²) in [6.45, 7) is 0. The molecule has 1 atom stereocenters.